The molecule has 0 unspecified atom stereocenters. The maximum absolute atomic E-state index is 12.0. The van der Waals surface area contributed by atoms with Gasteiger partial charge in [0.05, 0.1) is 0 Å². The highest BCUT2D eigenvalue weighted by atomic mass is 19.4. The minimum atomic E-state index is -4.71. The van der Waals surface area contributed by atoms with Gasteiger partial charge >= 0.3 is 6.36 Å². The van der Waals surface area contributed by atoms with Crippen LogP contribution in [-0.2, 0) is 0 Å². The monoisotopic (exact) mass is 299 g/mol. The molecule has 1 aromatic carbocycles. The lowest BCUT2D eigenvalue weighted by Crippen LogP contribution is -2.17. The van der Waals surface area contributed by atoms with Gasteiger partial charge in [0, 0.05) is 11.8 Å². The molecule has 9 heteroatoms. The second-order valence-corrected chi connectivity index (χ2v) is 4.03. The van der Waals surface area contributed by atoms with E-state index in [4.69, 9.17) is 5.84 Å². The van der Waals surface area contributed by atoms with Crippen molar-refractivity contribution in [2.75, 3.05) is 10.7 Å². The third-order valence-corrected chi connectivity index (χ3v) is 2.35. The lowest BCUT2D eigenvalue weighted by atomic mass is 10.3. The Kier molecular flexibility index (Phi) is 4.13. The number of alkyl halides is 3. The molecule has 21 heavy (non-hydrogen) atoms. The summed E-state index contributed by atoms with van der Waals surface area (Å²) in [5, 5.41) is 2.93. The van der Waals surface area contributed by atoms with Crippen molar-refractivity contribution in [2.45, 2.75) is 13.3 Å². The van der Waals surface area contributed by atoms with E-state index in [1.807, 2.05) is 0 Å². The van der Waals surface area contributed by atoms with Gasteiger partial charge in [-0.15, -0.1) is 13.2 Å². The Morgan fingerprint density at radius 1 is 1.10 bits per heavy atom. The number of anilines is 3. The highest BCUT2D eigenvalue weighted by molar-refractivity contribution is 5.59. The van der Waals surface area contributed by atoms with Crippen molar-refractivity contribution in [1.29, 1.82) is 0 Å². The van der Waals surface area contributed by atoms with Crippen LogP contribution in [0.25, 0.3) is 0 Å². The molecule has 0 aliphatic carbocycles. The fourth-order valence-corrected chi connectivity index (χ4v) is 1.59. The van der Waals surface area contributed by atoms with Gasteiger partial charge in [0.25, 0.3) is 0 Å². The molecule has 0 saturated carbocycles. The van der Waals surface area contributed by atoms with E-state index >= 15 is 0 Å². The predicted octanol–water partition coefficient (Wildman–Crippen LogP) is 2.71. The topological polar surface area (TPSA) is 85.1 Å². The predicted molar refractivity (Wildman–Crippen MR) is 71.0 cm³/mol. The molecule has 4 N–H and O–H groups in total. The summed E-state index contributed by atoms with van der Waals surface area (Å²) >= 11 is 0. The lowest BCUT2D eigenvalue weighted by Gasteiger charge is -2.11. The van der Waals surface area contributed by atoms with Crippen molar-refractivity contribution in [2.24, 2.45) is 5.84 Å². The smallest absolute Gasteiger partial charge is 0.406 e. The zero-order valence-corrected chi connectivity index (χ0v) is 10.9. The number of ether oxygens (including phenoxy) is 1. The number of nitrogens with two attached hydrogens (primary N) is 1. The van der Waals surface area contributed by atoms with Gasteiger partial charge in [-0.1, -0.05) is 0 Å². The molecular weight excluding hydrogens is 287 g/mol. The van der Waals surface area contributed by atoms with E-state index in [1.165, 1.54) is 24.3 Å². The van der Waals surface area contributed by atoms with E-state index in [9.17, 15) is 13.2 Å². The van der Waals surface area contributed by atoms with Gasteiger partial charge < -0.3 is 15.5 Å². The Hall–Kier alpha value is -2.55. The molecule has 112 valence electrons. The molecule has 0 aliphatic rings. The van der Waals surface area contributed by atoms with Crippen molar-refractivity contribution >= 4 is 17.3 Å². The maximum Gasteiger partial charge on any atom is 0.573 e. The van der Waals surface area contributed by atoms with Gasteiger partial charge in [0.1, 0.15) is 23.2 Å². The Morgan fingerprint density at radius 2 is 1.71 bits per heavy atom. The van der Waals surface area contributed by atoms with Crippen molar-refractivity contribution in [3.8, 4) is 5.75 Å². The molecule has 0 spiro atoms. The van der Waals surface area contributed by atoms with Crippen molar-refractivity contribution in [3.63, 3.8) is 0 Å². The number of nitrogens with one attached hydrogen (secondary N) is 2. The highest BCUT2D eigenvalue weighted by Gasteiger charge is 2.30. The first-order chi connectivity index (χ1) is 9.85. The summed E-state index contributed by atoms with van der Waals surface area (Å²) in [4.78, 5) is 8.15. The summed E-state index contributed by atoms with van der Waals surface area (Å²) in [7, 11) is 0. The minimum Gasteiger partial charge on any atom is -0.406 e. The SMILES string of the molecule is Cc1nc(NN)cc(Nc2ccc(OC(F)(F)F)cc2)n1. The van der Waals surface area contributed by atoms with Crippen LogP contribution < -0.4 is 21.3 Å². The van der Waals surface area contributed by atoms with Crippen LogP contribution in [0.2, 0.25) is 0 Å². The van der Waals surface area contributed by atoms with Crippen molar-refractivity contribution in [1.82, 2.24) is 9.97 Å². The summed E-state index contributed by atoms with van der Waals surface area (Å²) in [5.41, 5.74) is 2.94. The van der Waals surface area contributed by atoms with Gasteiger partial charge in [-0.3, -0.25) is 0 Å². The molecule has 0 atom stereocenters. The molecule has 0 fully saturated rings. The average Bonchev–Trinajstić information content (AvgIpc) is 2.38. The van der Waals surface area contributed by atoms with Crippen LogP contribution in [0.3, 0.4) is 0 Å². The summed E-state index contributed by atoms with van der Waals surface area (Å²) < 4.78 is 39.9. The second kappa shape index (κ2) is 5.83. The number of nitrogens with zero attached hydrogens (tertiary/aromatic N) is 2. The molecule has 0 aliphatic heterocycles. The number of hydrogen-bond acceptors (Lipinski definition) is 6. The van der Waals surface area contributed by atoms with Gasteiger partial charge in [-0.2, -0.15) is 0 Å². The van der Waals surface area contributed by atoms with E-state index in [1.54, 1.807) is 13.0 Å². The first-order valence-electron chi connectivity index (χ1n) is 5.81. The number of halogens is 3. The molecular formula is C12H12F3N5O. The molecule has 2 rings (SSSR count). The molecule has 1 heterocycles. The van der Waals surface area contributed by atoms with Crippen LogP contribution in [0, 0.1) is 6.92 Å². The van der Waals surface area contributed by atoms with Crippen LogP contribution in [0.5, 0.6) is 5.75 Å². The highest BCUT2D eigenvalue weighted by Crippen LogP contribution is 2.25. The zero-order valence-electron chi connectivity index (χ0n) is 10.9. The Balaban J connectivity index is 2.11. The van der Waals surface area contributed by atoms with E-state index in [-0.39, 0.29) is 5.75 Å². The van der Waals surface area contributed by atoms with Crippen molar-refractivity contribution < 1.29 is 17.9 Å². The van der Waals surface area contributed by atoms with E-state index in [2.05, 4.69) is 25.4 Å². The summed E-state index contributed by atoms with van der Waals surface area (Å²) in [6.45, 7) is 1.69. The summed E-state index contributed by atoms with van der Waals surface area (Å²) in [5.74, 6) is 6.34. The fraction of sp³-hybridized carbons (Fsp3) is 0.167. The quantitative estimate of drug-likeness (QED) is 0.594. The third kappa shape index (κ3) is 4.49. The second-order valence-electron chi connectivity index (χ2n) is 4.03. The maximum atomic E-state index is 12.0. The number of hydrogen-bond donors (Lipinski definition) is 3. The standard InChI is InChI=1S/C12H12F3N5O/c1-7-17-10(6-11(18-7)20-16)19-8-2-4-9(5-3-8)21-12(13,14)15/h2-6H,16H2,1H3,(H2,17,18,19,20). The molecule has 1 aromatic heterocycles. The molecule has 6 nitrogen and oxygen atoms in total. The Morgan fingerprint density at radius 3 is 2.29 bits per heavy atom. The molecule has 2 aromatic rings. The average molecular weight is 299 g/mol. The molecule has 0 bridgehead atoms. The van der Waals surface area contributed by atoms with Gasteiger partial charge in [0.2, 0.25) is 0 Å². The fourth-order valence-electron chi connectivity index (χ4n) is 1.59. The van der Waals surface area contributed by atoms with E-state index in [0.717, 1.165) is 0 Å². The van der Waals surface area contributed by atoms with Gasteiger partial charge in [-0.05, 0) is 31.2 Å². The minimum absolute atomic E-state index is 0.295. The number of aryl methyl sites for hydroxylation is 1. The number of rotatable bonds is 4. The Bertz CT molecular complexity index is 615. The van der Waals surface area contributed by atoms with Crippen molar-refractivity contribution in [3.05, 3.63) is 36.2 Å². The molecule has 0 radical (unpaired) electrons. The summed E-state index contributed by atoms with van der Waals surface area (Å²) in [6.07, 6.45) is -4.71. The zero-order chi connectivity index (χ0) is 15.5. The van der Waals surface area contributed by atoms with E-state index in [0.29, 0.717) is 23.1 Å². The van der Waals surface area contributed by atoms with Crippen LogP contribution >= 0.6 is 0 Å². The molecule has 0 saturated heterocycles. The van der Waals surface area contributed by atoms with Crippen LogP contribution in [0.1, 0.15) is 5.82 Å². The van der Waals surface area contributed by atoms with Gasteiger partial charge in [-0.25, -0.2) is 15.8 Å². The van der Waals surface area contributed by atoms with Gasteiger partial charge in [0.15, 0.2) is 0 Å². The normalized spacial score (nSPS) is 11.1. The third-order valence-electron chi connectivity index (χ3n) is 2.35. The van der Waals surface area contributed by atoms with Crippen LogP contribution in [0.4, 0.5) is 30.5 Å². The van der Waals surface area contributed by atoms with Crippen LogP contribution in [0.15, 0.2) is 30.3 Å². The summed E-state index contributed by atoms with van der Waals surface area (Å²) in [6, 6.07) is 6.84. The first kappa shape index (κ1) is 14.9. The molecule has 0 amide bonds. The van der Waals surface area contributed by atoms with E-state index < -0.39 is 6.36 Å². The Labute approximate surface area is 118 Å². The number of aromatic nitrogens is 2. The van der Waals surface area contributed by atoms with Crippen LogP contribution in [-0.4, -0.2) is 16.3 Å². The largest absolute Gasteiger partial charge is 0.573 e. The first-order valence-corrected chi connectivity index (χ1v) is 5.81. The number of nitrogen functional groups attached to an aromatic ring is 1. The lowest BCUT2D eigenvalue weighted by molar-refractivity contribution is -0.274. The number of benzene rings is 1. The number of hydrazine groups is 1.